The summed E-state index contributed by atoms with van der Waals surface area (Å²) in [5, 5.41) is 3.90. The van der Waals surface area contributed by atoms with E-state index in [4.69, 9.17) is 0 Å². The van der Waals surface area contributed by atoms with E-state index in [0.29, 0.717) is 11.3 Å². The summed E-state index contributed by atoms with van der Waals surface area (Å²) in [6.07, 6.45) is 7.08. The molecule has 3 rings (SSSR count). The highest BCUT2D eigenvalue weighted by Gasteiger charge is 2.04. The van der Waals surface area contributed by atoms with Gasteiger partial charge in [-0.15, -0.1) is 0 Å². The summed E-state index contributed by atoms with van der Waals surface area (Å²) in [5.41, 5.74) is 4.72. The van der Waals surface area contributed by atoms with Crippen molar-refractivity contribution in [2.75, 3.05) is 0 Å². The average Bonchev–Trinajstić information content (AvgIpc) is 3.10. The number of amides is 1. The van der Waals surface area contributed by atoms with Crippen LogP contribution in [0.5, 0.6) is 0 Å². The molecule has 2 aromatic heterocycles. The van der Waals surface area contributed by atoms with Crippen molar-refractivity contribution in [1.82, 2.24) is 15.0 Å². The molecule has 0 atom stereocenters. The van der Waals surface area contributed by atoms with Crippen molar-refractivity contribution in [3.8, 4) is 5.69 Å². The van der Waals surface area contributed by atoms with Crippen LogP contribution in [-0.2, 0) is 0 Å². The number of nitrogens with one attached hydrogen (secondary N) is 1. The molecule has 5 heteroatoms. The average molecular weight is 290 g/mol. The van der Waals surface area contributed by atoms with Crippen LogP contribution in [0.25, 0.3) is 5.69 Å². The number of hydrazone groups is 1. The topological polar surface area (TPSA) is 59.3 Å². The predicted octanol–water partition coefficient (Wildman–Crippen LogP) is 2.64. The lowest BCUT2D eigenvalue weighted by Gasteiger charge is -2.04. The molecule has 0 aliphatic heterocycles. The molecule has 5 nitrogen and oxygen atoms in total. The van der Waals surface area contributed by atoms with Gasteiger partial charge in [-0.2, -0.15) is 5.10 Å². The van der Waals surface area contributed by atoms with E-state index in [1.54, 1.807) is 18.3 Å². The highest BCUT2D eigenvalue weighted by molar-refractivity contribution is 5.94. The molecule has 108 valence electrons. The van der Waals surface area contributed by atoms with Gasteiger partial charge < -0.3 is 4.57 Å². The van der Waals surface area contributed by atoms with Crippen molar-refractivity contribution >= 4 is 12.1 Å². The molecule has 0 spiro atoms. The molecule has 1 aromatic carbocycles. The maximum atomic E-state index is 12.0. The highest BCUT2D eigenvalue weighted by atomic mass is 16.2. The summed E-state index contributed by atoms with van der Waals surface area (Å²) >= 11 is 0. The monoisotopic (exact) mass is 290 g/mol. The van der Waals surface area contributed by atoms with Crippen LogP contribution in [0.3, 0.4) is 0 Å². The molecular weight excluding hydrogens is 276 g/mol. The molecule has 0 bridgehead atoms. The van der Waals surface area contributed by atoms with E-state index in [9.17, 15) is 4.79 Å². The van der Waals surface area contributed by atoms with Crippen molar-refractivity contribution in [2.24, 2.45) is 5.10 Å². The maximum absolute atomic E-state index is 12.0. The molecule has 1 N–H and O–H groups in total. The number of rotatable bonds is 4. The number of aromatic nitrogens is 2. The Morgan fingerprint density at radius 3 is 2.50 bits per heavy atom. The van der Waals surface area contributed by atoms with E-state index in [1.165, 1.54) is 6.21 Å². The quantitative estimate of drug-likeness (QED) is 0.593. The number of hydrogen-bond acceptors (Lipinski definition) is 3. The fourth-order valence-corrected chi connectivity index (χ4v) is 1.97. The second-order valence-electron chi connectivity index (χ2n) is 4.59. The zero-order valence-electron chi connectivity index (χ0n) is 11.8. The van der Waals surface area contributed by atoms with Crippen LogP contribution >= 0.6 is 0 Å². The van der Waals surface area contributed by atoms with Crippen molar-refractivity contribution in [3.63, 3.8) is 0 Å². The summed E-state index contributed by atoms with van der Waals surface area (Å²) in [5.74, 6) is -0.258. The zero-order chi connectivity index (χ0) is 15.2. The zero-order valence-corrected chi connectivity index (χ0v) is 11.8. The molecule has 1 amide bonds. The maximum Gasteiger partial charge on any atom is 0.271 e. The summed E-state index contributed by atoms with van der Waals surface area (Å²) < 4.78 is 1.97. The summed E-state index contributed by atoms with van der Waals surface area (Å²) in [4.78, 5) is 16.1. The van der Waals surface area contributed by atoms with E-state index in [1.807, 2.05) is 59.4 Å². The molecule has 2 heterocycles. The Labute approximate surface area is 127 Å². The Kier molecular flexibility index (Phi) is 4.06. The summed E-state index contributed by atoms with van der Waals surface area (Å²) in [6.45, 7) is 0. The van der Waals surface area contributed by atoms with Crippen LogP contribution < -0.4 is 5.43 Å². The van der Waals surface area contributed by atoms with E-state index in [0.717, 1.165) is 5.69 Å². The number of pyridine rings is 1. The van der Waals surface area contributed by atoms with Gasteiger partial charge in [-0.3, -0.25) is 9.78 Å². The minimum absolute atomic E-state index is 0.258. The number of hydrogen-bond donors (Lipinski definition) is 1. The first kappa shape index (κ1) is 13.8. The smallest absolute Gasteiger partial charge is 0.271 e. The molecule has 0 unspecified atom stereocenters. The SMILES string of the molecule is O=C(N/N=C\c1ccccn1)c1ccc(-n2cccc2)cc1. The molecular formula is C17H14N4O. The molecule has 0 radical (unpaired) electrons. The summed E-state index contributed by atoms with van der Waals surface area (Å²) in [6, 6.07) is 16.7. The van der Waals surface area contributed by atoms with Crippen LogP contribution in [0.15, 0.2) is 78.3 Å². The Bertz CT molecular complexity index is 762. The molecule has 0 fully saturated rings. The molecule has 0 saturated heterocycles. The van der Waals surface area contributed by atoms with Gasteiger partial charge in [-0.05, 0) is 48.5 Å². The van der Waals surface area contributed by atoms with E-state index >= 15 is 0 Å². The second-order valence-corrected chi connectivity index (χ2v) is 4.59. The van der Waals surface area contributed by atoms with Crippen molar-refractivity contribution in [1.29, 1.82) is 0 Å². The third kappa shape index (κ3) is 3.27. The number of nitrogens with zero attached hydrogens (tertiary/aromatic N) is 3. The largest absolute Gasteiger partial charge is 0.324 e. The first-order chi connectivity index (χ1) is 10.8. The van der Waals surface area contributed by atoms with Crippen molar-refractivity contribution < 1.29 is 4.79 Å². The normalized spacial score (nSPS) is 10.7. The van der Waals surface area contributed by atoms with E-state index in [2.05, 4.69) is 15.5 Å². The Hall–Kier alpha value is -3.21. The van der Waals surface area contributed by atoms with Crippen LogP contribution in [0.2, 0.25) is 0 Å². The molecule has 3 aromatic rings. The van der Waals surface area contributed by atoms with E-state index in [-0.39, 0.29) is 5.91 Å². The van der Waals surface area contributed by atoms with Crippen molar-refractivity contribution in [2.45, 2.75) is 0 Å². The standard InChI is InChI=1S/C17H14N4O/c22-17(20-19-13-15-5-1-2-10-18-15)14-6-8-16(9-7-14)21-11-3-4-12-21/h1-13H,(H,20,22)/b19-13-. The van der Waals surface area contributed by atoms with Gasteiger partial charge in [0.25, 0.3) is 5.91 Å². The van der Waals surface area contributed by atoms with Crippen LogP contribution in [-0.4, -0.2) is 21.7 Å². The molecule has 0 aliphatic carbocycles. The van der Waals surface area contributed by atoms with Crippen LogP contribution in [0.1, 0.15) is 16.1 Å². The fraction of sp³-hybridized carbons (Fsp3) is 0. The highest BCUT2D eigenvalue weighted by Crippen LogP contribution is 2.09. The van der Waals surface area contributed by atoms with E-state index < -0.39 is 0 Å². The molecule has 0 saturated carbocycles. The first-order valence-electron chi connectivity index (χ1n) is 6.81. The van der Waals surface area contributed by atoms with Crippen molar-refractivity contribution in [3.05, 3.63) is 84.4 Å². The number of benzene rings is 1. The molecule has 0 aliphatic rings. The minimum atomic E-state index is -0.258. The van der Waals surface area contributed by atoms with Gasteiger partial charge in [0.05, 0.1) is 11.9 Å². The van der Waals surface area contributed by atoms with Gasteiger partial charge in [0.2, 0.25) is 0 Å². The number of carbonyl (C=O) groups is 1. The Balaban J connectivity index is 1.64. The lowest BCUT2D eigenvalue weighted by molar-refractivity contribution is 0.0955. The predicted molar refractivity (Wildman–Crippen MR) is 85.1 cm³/mol. The van der Waals surface area contributed by atoms with Gasteiger partial charge in [0.1, 0.15) is 0 Å². The third-order valence-electron chi connectivity index (χ3n) is 3.08. The van der Waals surface area contributed by atoms with Gasteiger partial charge in [-0.25, -0.2) is 5.43 Å². The van der Waals surface area contributed by atoms with Gasteiger partial charge >= 0.3 is 0 Å². The lowest BCUT2D eigenvalue weighted by atomic mass is 10.2. The Morgan fingerprint density at radius 2 is 1.82 bits per heavy atom. The van der Waals surface area contributed by atoms with Crippen LogP contribution in [0.4, 0.5) is 0 Å². The first-order valence-corrected chi connectivity index (χ1v) is 6.81. The summed E-state index contributed by atoms with van der Waals surface area (Å²) in [7, 11) is 0. The minimum Gasteiger partial charge on any atom is -0.324 e. The molecule has 22 heavy (non-hydrogen) atoms. The lowest BCUT2D eigenvalue weighted by Crippen LogP contribution is -2.17. The Morgan fingerprint density at radius 1 is 1.05 bits per heavy atom. The fourth-order valence-electron chi connectivity index (χ4n) is 1.97. The van der Waals surface area contributed by atoms with Gasteiger partial charge in [0, 0.05) is 29.8 Å². The third-order valence-corrected chi connectivity index (χ3v) is 3.08. The van der Waals surface area contributed by atoms with Gasteiger partial charge in [0.15, 0.2) is 0 Å². The van der Waals surface area contributed by atoms with Gasteiger partial charge in [-0.1, -0.05) is 6.07 Å². The number of carbonyl (C=O) groups excluding carboxylic acids is 1. The second kappa shape index (κ2) is 6.49. The van der Waals surface area contributed by atoms with Crippen LogP contribution in [0, 0.1) is 0 Å².